The SMILES string of the molecule is CCCNc1ccc(C(=O)NCCCc2ncn[nH]2)cc1. The summed E-state index contributed by atoms with van der Waals surface area (Å²) in [6.07, 6.45) is 4.17. The van der Waals surface area contributed by atoms with Gasteiger partial charge in [-0.15, -0.1) is 0 Å². The van der Waals surface area contributed by atoms with E-state index in [-0.39, 0.29) is 5.91 Å². The average Bonchev–Trinajstić information content (AvgIpc) is 3.03. The second kappa shape index (κ2) is 8.04. The molecule has 6 heteroatoms. The minimum absolute atomic E-state index is 0.0467. The number of nitrogens with zero attached hydrogens (tertiary/aromatic N) is 2. The Morgan fingerprint density at radius 1 is 1.24 bits per heavy atom. The molecule has 0 aliphatic rings. The van der Waals surface area contributed by atoms with E-state index in [4.69, 9.17) is 0 Å². The van der Waals surface area contributed by atoms with Gasteiger partial charge in [0.15, 0.2) is 0 Å². The molecule has 2 aromatic rings. The molecular weight excluding hydrogens is 266 g/mol. The lowest BCUT2D eigenvalue weighted by Gasteiger charge is -2.07. The summed E-state index contributed by atoms with van der Waals surface area (Å²) in [4.78, 5) is 16.0. The van der Waals surface area contributed by atoms with Crippen molar-refractivity contribution in [3.63, 3.8) is 0 Å². The standard InChI is InChI=1S/C15H21N5O/c1-2-9-16-13-7-5-12(6-8-13)15(21)17-10-3-4-14-18-11-19-20-14/h5-8,11,16H,2-4,9-10H2,1H3,(H,17,21)(H,18,19,20). The highest BCUT2D eigenvalue weighted by molar-refractivity contribution is 5.94. The Hall–Kier alpha value is -2.37. The van der Waals surface area contributed by atoms with Gasteiger partial charge in [-0.05, 0) is 37.1 Å². The molecule has 0 spiro atoms. The van der Waals surface area contributed by atoms with E-state index < -0.39 is 0 Å². The van der Waals surface area contributed by atoms with Gasteiger partial charge in [0.2, 0.25) is 0 Å². The second-order valence-electron chi connectivity index (χ2n) is 4.80. The third-order valence-electron chi connectivity index (χ3n) is 3.07. The number of carbonyl (C=O) groups excluding carboxylic acids is 1. The summed E-state index contributed by atoms with van der Waals surface area (Å²) in [5.74, 6) is 0.796. The molecule has 0 fully saturated rings. The van der Waals surface area contributed by atoms with E-state index in [0.717, 1.165) is 37.3 Å². The molecule has 0 aliphatic heterocycles. The molecule has 6 nitrogen and oxygen atoms in total. The highest BCUT2D eigenvalue weighted by Crippen LogP contribution is 2.09. The van der Waals surface area contributed by atoms with Crippen LogP contribution in [0.1, 0.15) is 35.9 Å². The molecule has 0 saturated heterocycles. The average molecular weight is 287 g/mol. The van der Waals surface area contributed by atoms with E-state index in [1.807, 2.05) is 24.3 Å². The van der Waals surface area contributed by atoms with Crippen molar-refractivity contribution in [2.24, 2.45) is 0 Å². The fourth-order valence-corrected chi connectivity index (χ4v) is 1.92. The van der Waals surface area contributed by atoms with Crippen molar-refractivity contribution in [2.75, 3.05) is 18.4 Å². The summed E-state index contributed by atoms with van der Waals surface area (Å²) in [7, 11) is 0. The number of nitrogens with one attached hydrogen (secondary N) is 3. The summed E-state index contributed by atoms with van der Waals surface area (Å²) < 4.78 is 0. The monoisotopic (exact) mass is 287 g/mol. The Morgan fingerprint density at radius 3 is 2.71 bits per heavy atom. The van der Waals surface area contributed by atoms with E-state index in [2.05, 4.69) is 32.7 Å². The van der Waals surface area contributed by atoms with Gasteiger partial charge in [0.05, 0.1) is 0 Å². The van der Waals surface area contributed by atoms with Crippen molar-refractivity contribution in [3.05, 3.63) is 42.0 Å². The van der Waals surface area contributed by atoms with Crippen LogP contribution in [0.2, 0.25) is 0 Å². The number of benzene rings is 1. The van der Waals surface area contributed by atoms with Crippen LogP contribution in [-0.2, 0) is 6.42 Å². The van der Waals surface area contributed by atoms with Gasteiger partial charge in [-0.3, -0.25) is 9.89 Å². The maximum atomic E-state index is 12.0. The molecule has 0 radical (unpaired) electrons. The van der Waals surface area contributed by atoms with Crippen molar-refractivity contribution in [3.8, 4) is 0 Å². The van der Waals surface area contributed by atoms with E-state index in [0.29, 0.717) is 12.1 Å². The number of H-pyrrole nitrogens is 1. The van der Waals surface area contributed by atoms with E-state index in [9.17, 15) is 4.79 Å². The van der Waals surface area contributed by atoms with Crippen LogP contribution in [0.3, 0.4) is 0 Å². The minimum Gasteiger partial charge on any atom is -0.385 e. The van der Waals surface area contributed by atoms with Crippen molar-refractivity contribution < 1.29 is 4.79 Å². The maximum Gasteiger partial charge on any atom is 0.251 e. The molecule has 2 rings (SSSR count). The predicted molar refractivity (Wildman–Crippen MR) is 82.3 cm³/mol. The van der Waals surface area contributed by atoms with E-state index in [1.54, 1.807) is 0 Å². The van der Waals surface area contributed by atoms with Crippen LogP contribution >= 0.6 is 0 Å². The molecule has 0 unspecified atom stereocenters. The molecule has 0 bridgehead atoms. The highest BCUT2D eigenvalue weighted by atomic mass is 16.1. The van der Waals surface area contributed by atoms with Gasteiger partial charge < -0.3 is 10.6 Å². The molecule has 1 aromatic carbocycles. The smallest absolute Gasteiger partial charge is 0.251 e. The Labute approximate surface area is 124 Å². The molecule has 112 valence electrons. The fraction of sp³-hybridized carbons (Fsp3) is 0.400. The van der Waals surface area contributed by atoms with Crippen LogP contribution in [0.5, 0.6) is 0 Å². The zero-order chi connectivity index (χ0) is 14.9. The lowest BCUT2D eigenvalue weighted by Crippen LogP contribution is -2.24. The number of hydrogen-bond donors (Lipinski definition) is 3. The topological polar surface area (TPSA) is 82.7 Å². The largest absolute Gasteiger partial charge is 0.385 e. The minimum atomic E-state index is -0.0467. The maximum absolute atomic E-state index is 12.0. The molecule has 0 saturated carbocycles. The number of aromatic amines is 1. The van der Waals surface area contributed by atoms with Crippen molar-refractivity contribution >= 4 is 11.6 Å². The van der Waals surface area contributed by atoms with Gasteiger partial charge >= 0.3 is 0 Å². The van der Waals surface area contributed by atoms with Gasteiger partial charge in [0, 0.05) is 30.8 Å². The van der Waals surface area contributed by atoms with Crippen LogP contribution in [0.15, 0.2) is 30.6 Å². The number of anilines is 1. The highest BCUT2D eigenvalue weighted by Gasteiger charge is 2.04. The Bertz CT molecular complexity index is 536. The Balaban J connectivity index is 1.72. The first kappa shape index (κ1) is 15.0. The third-order valence-corrected chi connectivity index (χ3v) is 3.07. The van der Waals surface area contributed by atoms with Gasteiger partial charge in [-0.1, -0.05) is 6.92 Å². The van der Waals surface area contributed by atoms with Gasteiger partial charge in [-0.25, -0.2) is 4.98 Å². The zero-order valence-corrected chi connectivity index (χ0v) is 12.2. The molecule has 1 aromatic heterocycles. The van der Waals surface area contributed by atoms with E-state index in [1.165, 1.54) is 6.33 Å². The number of rotatable bonds is 8. The van der Waals surface area contributed by atoms with Crippen molar-refractivity contribution in [2.45, 2.75) is 26.2 Å². The first-order valence-electron chi connectivity index (χ1n) is 7.26. The number of aromatic nitrogens is 3. The first-order chi connectivity index (χ1) is 10.3. The van der Waals surface area contributed by atoms with Crippen LogP contribution in [0, 0.1) is 0 Å². The van der Waals surface area contributed by atoms with Crippen LogP contribution in [0.25, 0.3) is 0 Å². The number of hydrogen-bond acceptors (Lipinski definition) is 4. The normalized spacial score (nSPS) is 10.3. The predicted octanol–water partition coefficient (Wildman–Crippen LogP) is 1.99. The quantitative estimate of drug-likeness (QED) is 0.648. The van der Waals surface area contributed by atoms with Gasteiger partial charge in [0.1, 0.15) is 12.2 Å². The number of carbonyl (C=O) groups is 1. The van der Waals surface area contributed by atoms with Crippen LogP contribution in [0.4, 0.5) is 5.69 Å². The first-order valence-corrected chi connectivity index (χ1v) is 7.26. The summed E-state index contributed by atoms with van der Waals surface area (Å²) in [6, 6.07) is 7.53. The molecule has 0 atom stereocenters. The summed E-state index contributed by atoms with van der Waals surface area (Å²) in [5.41, 5.74) is 1.72. The second-order valence-corrected chi connectivity index (χ2v) is 4.80. The Kier molecular flexibility index (Phi) is 5.75. The summed E-state index contributed by atoms with van der Waals surface area (Å²) in [6.45, 7) is 3.68. The van der Waals surface area contributed by atoms with Gasteiger partial charge in [0.25, 0.3) is 5.91 Å². The van der Waals surface area contributed by atoms with Crippen LogP contribution in [-0.4, -0.2) is 34.2 Å². The molecule has 21 heavy (non-hydrogen) atoms. The van der Waals surface area contributed by atoms with Gasteiger partial charge in [-0.2, -0.15) is 5.10 Å². The zero-order valence-electron chi connectivity index (χ0n) is 12.2. The molecule has 3 N–H and O–H groups in total. The van der Waals surface area contributed by atoms with Crippen molar-refractivity contribution in [1.29, 1.82) is 0 Å². The number of aryl methyl sites for hydroxylation is 1. The summed E-state index contributed by atoms with van der Waals surface area (Å²) in [5, 5.41) is 12.8. The third kappa shape index (κ3) is 4.91. The molecule has 1 heterocycles. The van der Waals surface area contributed by atoms with Crippen LogP contribution < -0.4 is 10.6 Å². The van der Waals surface area contributed by atoms with E-state index >= 15 is 0 Å². The molecule has 0 aliphatic carbocycles. The fourth-order valence-electron chi connectivity index (χ4n) is 1.92. The summed E-state index contributed by atoms with van der Waals surface area (Å²) >= 11 is 0. The Morgan fingerprint density at radius 2 is 2.05 bits per heavy atom. The molecule has 1 amide bonds. The van der Waals surface area contributed by atoms with Crippen molar-refractivity contribution in [1.82, 2.24) is 20.5 Å². The molecular formula is C15H21N5O. The lowest BCUT2D eigenvalue weighted by atomic mass is 10.2. The lowest BCUT2D eigenvalue weighted by molar-refractivity contribution is 0.0953. The number of amides is 1.